The molecule has 2 aliphatic carbocycles. The summed E-state index contributed by atoms with van der Waals surface area (Å²) in [6.45, 7) is 0. The van der Waals surface area contributed by atoms with E-state index in [4.69, 9.17) is 4.99 Å². The Morgan fingerprint density at radius 3 is 2.40 bits per heavy atom. The third-order valence-electron chi connectivity index (χ3n) is 5.63. The molecule has 0 radical (unpaired) electrons. The van der Waals surface area contributed by atoms with Gasteiger partial charge in [-0.15, -0.1) is 0 Å². The van der Waals surface area contributed by atoms with Crippen molar-refractivity contribution in [3.8, 4) is 6.07 Å². The minimum atomic E-state index is -0.00921. The lowest BCUT2D eigenvalue weighted by molar-refractivity contribution is 0.242. The molecule has 1 spiro atoms. The summed E-state index contributed by atoms with van der Waals surface area (Å²) in [6, 6.07) is 21.1. The van der Waals surface area contributed by atoms with Crippen LogP contribution >= 0.6 is 0 Å². The zero-order chi connectivity index (χ0) is 17.1. The largest absolute Gasteiger partial charge is 0.255 e. The summed E-state index contributed by atoms with van der Waals surface area (Å²) in [6.07, 6.45) is 8.79. The van der Waals surface area contributed by atoms with Crippen molar-refractivity contribution in [2.45, 2.75) is 38.5 Å². The Balaban J connectivity index is 1.85. The average molecular weight is 326 g/mol. The Kier molecular flexibility index (Phi) is 4.24. The van der Waals surface area contributed by atoms with Gasteiger partial charge in [-0.05, 0) is 30.4 Å². The second-order valence-electron chi connectivity index (χ2n) is 7.18. The van der Waals surface area contributed by atoms with E-state index in [-0.39, 0.29) is 5.41 Å². The predicted octanol–water partition coefficient (Wildman–Crippen LogP) is 5.55. The second kappa shape index (κ2) is 6.69. The molecular formula is C23H22N2. The van der Waals surface area contributed by atoms with Gasteiger partial charge in [-0.25, -0.2) is 0 Å². The van der Waals surface area contributed by atoms with Crippen LogP contribution in [0.3, 0.4) is 0 Å². The van der Waals surface area contributed by atoms with E-state index in [0.29, 0.717) is 0 Å². The summed E-state index contributed by atoms with van der Waals surface area (Å²) in [5.74, 6) is 0. The number of fused-ring (bicyclic) bond motifs is 1. The molecule has 4 rings (SSSR count). The summed E-state index contributed by atoms with van der Waals surface area (Å²) in [5, 5.41) is 10.0. The van der Waals surface area contributed by atoms with Gasteiger partial charge in [0.05, 0.1) is 17.3 Å². The van der Waals surface area contributed by atoms with Crippen molar-refractivity contribution < 1.29 is 0 Å². The SMILES string of the molecule is N#CC1=C(N=Cc2ccccc2)c2ccccc2CC12CCCCC2. The molecule has 25 heavy (non-hydrogen) atoms. The van der Waals surface area contributed by atoms with Crippen LogP contribution in [0.15, 0.2) is 65.2 Å². The minimum absolute atomic E-state index is 0.00921. The number of nitrogens with zero attached hydrogens (tertiary/aromatic N) is 2. The fraction of sp³-hybridized carbons (Fsp3) is 0.304. The number of hydrogen-bond acceptors (Lipinski definition) is 2. The highest BCUT2D eigenvalue weighted by atomic mass is 14.8. The molecule has 0 heterocycles. The van der Waals surface area contributed by atoms with Crippen LogP contribution in [-0.4, -0.2) is 6.21 Å². The van der Waals surface area contributed by atoms with Crippen LogP contribution in [0.5, 0.6) is 0 Å². The van der Waals surface area contributed by atoms with Crippen molar-refractivity contribution in [2.75, 3.05) is 0 Å². The van der Waals surface area contributed by atoms with Gasteiger partial charge >= 0.3 is 0 Å². The van der Waals surface area contributed by atoms with Gasteiger partial charge in [-0.2, -0.15) is 5.26 Å². The molecule has 124 valence electrons. The molecule has 2 nitrogen and oxygen atoms in total. The zero-order valence-corrected chi connectivity index (χ0v) is 14.4. The average Bonchev–Trinajstić information content (AvgIpc) is 2.67. The lowest BCUT2D eigenvalue weighted by atomic mass is 9.62. The molecule has 1 saturated carbocycles. The van der Waals surface area contributed by atoms with E-state index in [0.717, 1.165) is 41.7 Å². The normalized spacial score (nSPS) is 19.0. The maximum Gasteiger partial charge on any atom is 0.0976 e. The van der Waals surface area contributed by atoms with Crippen molar-refractivity contribution in [1.29, 1.82) is 5.26 Å². The predicted molar refractivity (Wildman–Crippen MR) is 102 cm³/mol. The van der Waals surface area contributed by atoms with E-state index in [1.54, 1.807) is 0 Å². The first kappa shape index (κ1) is 15.8. The number of nitriles is 1. The van der Waals surface area contributed by atoms with Crippen LogP contribution in [0.1, 0.15) is 48.8 Å². The Morgan fingerprint density at radius 2 is 1.64 bits per heavy atom. The Morgan fingerprint density at radius 1 is 0.920 bits per heavy atom. The third-order valence-corrected chi connectivity index (χ3v) is 5.63. The molecule has 2 heteroatoms. The summed E-state index contributed by atoms with van der Waals surface area (Å²) in [5.41, 5.74) is 5.30. The van der Waals surface area contributed by atoms with E-state index < -0.39 is 0 Å². The van der Waals surface area contributed by atoms with Crippen molar-refractivity contribution in [3.63, 3.8) is 0 Å². The number of aliphatic imine (C=N–C) groups is 1. The van der Waals surface area contributed by atoms with Crippen molar-refractivity contribution in [1.82, 2.24) is 0 Å². The third kappa shape index (κ3) is 2.91. The Hall–Kier alpha value is -2.66. The Bertz CT molecular complexity index is 862. The molecule has 0 amide bonds. The highest BCUT2D eigenvalue weighted by molar-refractivity contribution is 5.88. The first-order valence-electron chi connectivity index (χ1n) is 9.15. The summed E-state index contributed by atoms with van der Waals surface area (Å²) in [4.78, 5) is 4.83. The molecule has 1 fully saturated rings. The number of allylic oxidation sites excluding steroid dienone is 1. The van der Waals surface area contributed by atoms with Crippen LogP contribution in [-0.2, 0) is 6.42 Å². The van der Waals surface area contributed by atoms with E-state index in [9.17, 15) is 5.26 Å². The van der Waals surface area contributed by atoms with E-state index in [1.807, 2.05) is 42.6 Å². The van der Waals surface area contributed by atoms with Gasteiger partial charge in [0, 0.05) is 17.2 Å². The van der Waals surface area contributed by atoms with Gasteiger partial charge in [0.1, 0.15) is 0 Å². The van der Waals surface area contributed by atoms with Crippen LogP contribution in [0.4, 0.5) is 0 Å². The molecule has 2 aromatic carbocycles. The van der Waals surface area contributed by atoms with E-state index >= 15 is 0 Å². The van der Waals surface area contributed by atoms with Gasteiger partial charge in [0.15, 0.2) is 0 Å². The molecule has 2 aromatic rings. The summed E-state index contributed by atoms with van der Waals surface area (Å²) >= 11 is 0. The first-order valence-corrected chi connectivity index (χ1v) is 9.15. The number of benzene rings is 2. The van der Waals surface area contributed by atoms with E-state index in [2.05, 4.69) is 24.3 Å². The molecular weight excluding hydrogens is 304 g/mol. The molecule has 0 aromatic heterocycles. The molecule has 0 atom stereocenters. The van der Waals surface area contributed by atoms with Crippen LogP contribution in [0.25, 0.3) is 5.70 Å². The van der Waals surface area contributed by atoms with Crippen molar-refractivity contribution in [3.05, 3.63) is 76.9 Å². The van der Waals surface area contributed by atoms with Gasteiger partial charge in [0.25, 0.3) is 0 Å². The molecule has 0 bridgehead atoms. The van der Waals surface area contributed by atoms with Crippen molar-refractivity contribution >= 4 is 11.9 Å². The molecule has 2 aliphatic rings. The maximum atomic E-state index is 10.0. The van der Waals surface area contributed by atoms with Gasteiger partial charge < -0.3 is 0 Å². The number of rotatable bonds is 2. The minimum Gasteiger partial charge on any atom is -0.255 e. The molecule has 0 unspecified atom stereocenters. The second-order valence-corrected chi connectivity index (χ2v) is 7.18. The lowest BCUT2D eigenvalue weighted by Crippen LogP contribution is -2.32. The fourth-order valence-electron chi connectivity index (χ4n) is 4.38. The first-order chi connectivity index (χ1) is 12.3. The fourth-order valence-corrected chi connectivity index (χ4v) is 4.38. The van der Waals surface area contributed by atoms with Crippen molar-refractivity contribution in [2.24, 2.45) is 10.4 Å². The molecule has 0 saturated heterocycles. The highest BCUT2D eigenvalue weighted by Gasteiger charge is 2.41. The maximum absolute atomic E-state index is 10.0. The van der Waals surface area contributed by atoms with Gasteiger partial charge in [-0.1, -0.05) is 73.9 Å². The Labute approximate surface area is 149 Å². The highest BCUT2D eigenvalue weighted by Crippen LogP contribution is 2.51. The molecule has 0 aliphatic heterocycles. The topological polar surface area (TPSA) is 36.1 Å². The summed E-state index contributed by atoms with van der Waals surface area (Å²) < 4.78 is 0. The van der Waals surface area contributed by atoms with Crippen LogP contribution < -0.4 is 0 Å². The molecule has 0 N–H and O–H groups in total. The van der Waals surface area contributed by atoms with Gasteiger partial charge in [0.2, 0.25) is 0 Å². The standard InChI is InChI=1S/C23H22N2/c24-16-21-22(25-17-18-9-3-1-4-10-18)20-12-6-5-11-19(20)15-23(21)13-7-2-8-14-23/h1,3-6,9-12,17H,2,7-8,13-15H2. The van der Waals surface area contributed by atoms with E-state index in [1.165, 1.54) is 24.8 Å². The monoisotopic (exact) mass is 326 g/mol. The quantitative estimate of drug-likeness (QED) is 0.667. The summed E-state index contributed by atoms with van der Waals surface area (Å²) in [7, 11) is 0. The number of hydrogen-bond donors (Lipinski definition) is 0. The zero-order valence-electron chi connectivity index (χ0n) is 14.4. The van der Waals surface area contributed by atoms with Gasteiger partial charge in [-0.3, -0.25) is 4.99 Å². The van der Waals surface area contributed by atoms with Crippen LogP contribution in [0.2, 0.25) is 0 Å². The lowest BCUT2D eigenvalue weighted by Gasteiger charge is -2.41. The smallest absolute Gasteiger partial charge is 0.0976 e. The van der Waals surface area contributed by atoms with Crippen LogP contribution in [0, 0.1) is 16.7 Å².